The van der Waals surface area contributed by atoms with Crippen molar-refractivity contribution in [3.8, 4) is 5.75 Å². The molecule has 4 aliphatic rings. The summed E-state index contributed by atoms with van der Waals surface area (Å²) in [5.41, 5.74) is 4.84. The Morgan fingerprint density at radius 1 is 0.875 bits per heavy atom. The molecule has 6 heteroatoms. The highest BCUT2D eigenvalue weighted by Crippen LogP contribution is 2.67. The average Bonchev–Trinajstić information content (AvgIpc) is 3.42. The molecule has 6 rings (SSSR count). The van der Waals surface area contributed by atoms with E-state index in [0.717, 1.165) is 66.1 Å². The van der Waals surface area contributed by atoms with Crippen LogP contribution in [0, 0.1) is 46.3 Å². The SMILES string of the molecule is CC(C)CCC[C@@H](C)[C@H]1CC[C@H]2[C@@H]3CC=C4C[C@@H](OC(=O)Oc5ccc(N=Nc6ccc(N(C)C)cc6)cc5)CC[C@]4(C)[C@H]3CC[C@]12C. The summed E-state index contributed by atoms with van der Waals surface area (Å²) in [5, 5.41) is 8.64. The van der Waals surface area contributed by atoms with E-state index in [1.165, 1.54) is 56.9 Å². The molecule has 0 N–H and O–H groups in total. The van der Waals surface area contributed by atoms with Crippen LogP contribution in [0.15, 0.2) is 70.4 Å². The Hall–Kier alpha value is -3.15. The molecule has 0 amide bonds. The summed E-state index contributed by atoms with van der Waals surface area (Å²) < 4.78 is 11.5. The predicted octanol–water partition coefficient (Wildman–Crippen LogP) is 12.1. The molecule has 260 valence electrons. The molecule has 0 spiro atoms. The van der Waals surface area contributed by atoms with E-state index in [4.69, 9.17) is 9.47 Å². The molecule has 6 nitrogen and oxygen atoms in total. The lowest BCUT2D eigenvalue weighted by Crippen LogP contribution is -2.51. The highest BCUT2D eigenvalue weighted by atomic mass is 16.7. The normalized spacial score (nSPS) is 31.8. The van der Waals surface area contributed by atoms with Crippen molar-refractivity contribution in [1.82, 2.24) is 0 Å². The van der Waals surface area contributed by atoms with Crippen molar-refractivity contribution in [3.05, 3.63) is 60.2 Å². The molecular formula is C42H59N3O3. The first kappa shape index (κ1) is 34.7. The van der Waals surface area contributed by atoms with E-state index in [-0.39, 0.29) is 11.5 Å². The largest absolute Gasteiger partial charge is 0.514 e. The van der Waals surface area contributed by atoms with Gasteiger partial charge in [-0.15, -0.1) is 0 Å². The molecule has 0 radical (unpaired) electrons. The smallest absolute Gasteiger partial charge is 0.430 e. The Kier molecular flexibility index (Phi) is 10.4. The third kappa shape index (κ3) is 7.23. The maximum atomic E-state index is 12.9. The first-order valence-corrected chi connectivity index (χ1v) is 18.8. The van der Waals surface area contributed by atoms with Crippen LogP contribution >= 0.6 is 0 Å². The van der Waals surface area contributed by atoms with E-state index in [0.29, 0.717) is 16.9 Å². The number of rotatable bonds is 10. The minimum atomic E-state index is -0.624. The Labute approximate surface area is 289 Å². The number of carbonyl (C=O) groups is 1. The van der Waals surface area contributed by atoms with Crippen LogP contribution in [-0.2, 0) is 4.74 Å². The number of fused-ring (bicyclic) bond motifs is 5. The average molecular weight is 654 g/mol. The van der Waals surface area contributed by atoms with Gasteiger partial charge in [-0.2, -0.15) is 10.2 Å². The molecule has 8 atom stereocenters. The number of allylic oxidation sites excluding steroid dienone is 1. The van der Waals surface area contributed by atoms with E-state index in [1.807, 2.05) is 43.3 Å². The zero-order chi connectivity index (χ0) is 34.1. The van der Waals surface area contributed by atoms with Crippen LogP contribution < -0.4 is 9.64 Å². The quantitative estimate of drug-likeness (QED) is 0.111. The van der Waals surface area contributed by atoms with Crippen molar-refractivity contribution in [3.63, 3.8) is 0 Å². The first-order chi connectivity index (χ1) is 23.0. The summed E-state index contributed by atoms with van der Waals surface area (Å²) in [6.45, 7) is 12.5. The first-order valence-electron chi connectivity index (χ1n) is 18.8. The Morgan fingerprint density at radius 2 is 1.56 bits per heavy atom. The monoisotopic (exact) mass is 653 g/mol. The van der Waals surface area contributed by atoms with Gasteiger partial charge in [0, 0.05) is 26.2 Å². The van der Waals surface area contributed by atoms with Crippen molar-refractivity contribution >= 4 is 23.2 Å². The third-order valence-corrected chi connectivity index (χ3v) is 13.2. The second kappa shape index (κ2) is 14.4. The molecule has 3 fully saturated rings. The fourth-order valence-electron chi connectivity index (χ4n) is 10.5. The van der Waals surface area contributed by atoms with E-state index in [2.05, 4.69) is 50.9 Å². The van der Waals surface area contributed by atoms with Crippen molar-refractivity contribution in [2.75, 3.05) is 19.0 Å². The number of ether oxygens (including phenoxy) is 2. The van der Waals surface area contributed by atoms with Crippen LogP contribution in [0.5, 0.6) is 5.75 Å². The number of carbonyl (C=O) groups excluding carboxylic acids is 1. The maximum absolute atomic E-state index is 12.9. The van der Waals surface area contributed by atoms with Gasteiger partial charge in [0.1, 0.15) is 11.9 Å². The number of anilines is 1. The molecular weight excluding hydrogens is 594 g/mol. The lowest BCUT2D eigenvalue weighted by molar-refractivity contribution is -0.0597. The van der Waals surface area contributed by atoms with E-state index in [1.54, 1.807) is 24.3 Å². The topological polar surface area (TPSA) is 63.5 Å². The summed E-state index contributed by atoms with van der Waals surface area (Å²) in [5.74, 6) is 5.40. The number of azo groups is 1. The number of benzene rings is 2. The van der Waals surface area contributed by atoms with Crippen molar-refractivity contribution in [1.29, 1.82) is 0 Å². The molecule has 2 aromatic carbocycles. The lowest BCUT2D eigenvalue weighted by atomic mass is 9.47. The fraction of sp³-hybridized carbons (Fsp3) is 0.643. The van der Waals surface area contributed by atoms with Gasteiger partial charge in [0.15, 0.2) is 0 Å². The van der Waals surface area contributed by atoms with E-state index < -0.39 is 6.16 Å². The summed E-state index contributed by atoms with van der Waals surface area (Å²) >= 11 is 0. The van der Waals surface area contributed by atoms with Gasteiger partial charge in [-0.25, -0.2) is 4.79 Å². The molecule has 0 aliphatic heterocycles. The van der Waals surface area contributed by atoms with Gasteiger partial charge in [0.2, 0.25) is 0 Å². The summed E-state index contributed by atoms with van der Waals surface area (Å²) in [7, 11) is 4.02. The molecule has 0 heterocycles. The minimum absolute atomic E-state index is 0.128. The molecule has 3 saturated carbocycles. The van der Waals surface area contributed by atoms with Gasteiger partial charge in [0.25, 0.3) is 0 Å². The number of hydrogen-bond acceptors (Lipinski definition) is 6. The van der Waals surface area contributed by atoms with Gasteiger partial charge in [-0.1, -0.05) is 65.5 Å². The number of hydrogen-bond donors (Lipinski definition) is 0. The van der Waals surface area contributed by atoms with Gasteiger partial charge < -0.3 is 14.4 Å². The number of nitrogens with zero attached hydrogens (tertiary/aromatic N) is 3. The molecule has 0 saturated heterocycles. The van der Waals surface area contributed by atoms with E-state index >= 15 is 0 Å². The van der Waals surface area contributed by atoms with Crippen LogP contribution in [0.3, 0.4) is 0 Å². The van der Waals surface area contributed by atoms with Crippen molar-refractivity contribution < 1.29 is 14.3 Å². The van der Waals surface area contributed by atoms with Crippen LogP contribution in [0.25, 0.3) is 0 Å². The highest BCUT2D eigenvalue weighted by Gasteiger charge is 2.59. The second-order valence-electron chi connectivity index (χ2n) is 16.7. The fourth-order valence-corrected chi connectivity index (χ4v) is 10.5. The molecule has 2 aromatic rings. The Morgan fingerprint density at radius 3 is 2.23 bits per heavy atom. The zero-order valence-electron chi connectivity index (χ0n) is 30.6. The maximum Gasteiger partial charge on any atom is 0.514 e. The van der Waals surface area contributed by atoms with Gasteiger partial charge >= 0.3 is 6.16 Å². The highest BCUT2D eigenvalue weighted by molar-refractivity contribution is 5.64. The van der Waals surface area contributed by atoms with Crippen LogP contribution in [0.1, 0.15) is 105 Å². The van der Waals surface area contributed by atoms with Gasteiger partial charge in [0.05, 0.1) is 11.4 Å². The molecule has 4 aliphatic carbocycles. The predicted molar refractivity (Wildman–Crippen MR) is 195 cm³/mol. The lowest BCUT2D eigenvalue weighted by Gasteiger charge is -2.58. The minimum Gasteiger partial charge on any atom is -0.430 e. The summed E-state index contributed by atoms with van der Waals surface area (Å²) in [6, 6.07) is 15.0. The Balaban J connectivity index is 1.01. The standard InChI is InChI=1S/C42H59N3O3/c1-28(2)9-8-10-29(3)37-21-22-38-36-20-11-30-27-35(23-25-41(30,4)39(36)24-26-42(37,38)5)48-40(46)47-34-18-14-32(15-19-34)44-43-31-12-16-33(17-13-31)45(6)7/h11-19,28-29,35-39H,8-10,20-27H2,1-7H3/t29-,35+,36+,37-,38+,39+,41+,42-/m1/s1. The molecule has 0 bridgehead atoms. The van der Waals surface area contributed by atoms with Crippen LogP contribution in [0.2, 0.25) is 0 Å². The Bertz CT molecular complexity index is 1460. The molecule has 0 unspecified atom stereocenters. The second-order valence-corrected chi connectivity index (χ2v) is 16.7. The molecule has 48 heavy (non-hydrogen) atoms. The van der Waals surface area contributed by atoms with E-state index in [9.17, 15) is 4.79 Å². The summed E-state index contributed by atoms with van der Waals surface area (Å²) in [6.07, 6.45) is 15.6. The third-order valence-electron chi connectivity index (χ3n) is 13.2. The molecule has 0 aromatic heterocycles. The van der Waals surface area contributed by atoms with Crippen LogP contribution in [0.4, 0.5) is 21.9 Å². The summed E-state index contributed by atoms with van der Waals surface area (Å²) in [4.78, 5) is 14.9. The van der Waals surface area contributed by atoms with Crippen molar-refractivity contribution in [2.24, 2.45) is 56.6 Å². The van der Waals surface area contributed by atoms with Crippen molar-refractivity contribution in [2.45, 2.75) is 111 Å². The van der Waals surface area contributed by atoms with Gasteiger partial charge in [-0.3, -0.25) is 0 Å². The van der Waals surface area contributed by atoms with Crippen LogP contribution in [-0.4, -0.2) is 26.4 Å². The zero-order valence-corrected chi connectivity index (χ0v) is 30.6. The van der Waals surface area contributed by atoms with Gasteiger partial charge in [-0.05, 0) is 140 Å².